The van der Waals surface area contributed by atoms with Crippen molar-refractivity contribution in [2.75, 3.05) is 25.1 Å². The maximum absolute atomic E-state index is 13.3. The van der Waals surface area contributed by atoms with Crippen molar-refractivity contribution in [2.45, 2.75) is 19.1 Å². The van der Waals surface area contributed by atoms with E-state index < -0.39 is 17.6 Å². The van der Waals surface area contributed by atoms with Crippen molar-refractivity contribution < 1.29 is 18.7 Å². The highest BCUT2D eigenvalue weighted by Crippen LogP contribution is 2.22. The van der Waals surface area contributed by atoms with Crippen LogP contribution in [0.1, 0.15) is 13.3 Å². The van der Waals surface area contributed by atoms with Crippen LogP contribution in [-0.4, -0.2) is 31.6 Å². The van der Waals surface area contributed by atoms with Crippen molar-refractivity contribution in [3.8, 4) is 0 Å². The van der Waals surface area contributed by atoms with Crippen LogP contribution in [0.5, 0.6) is 0 Å². The summed E-state index contributed by atoms with van der Waals surface area (Å²) >= 11 is 3.05. The summed E-state index contributed by atoms with van der Waals surface area (Å²) in [6, 6.07) is 3.99. The summed E-state index contributed by atoms with van der Waals surface area (Å²) in [5, 5.41) is 5.23. The Morgan fingerprint density at radius 1 is 1.45 bits per heavy atom. The van der Waals surface area contributed by atoms with Crippen molar-refractivity contribution in [3.05, 3.63) is 28.5 Å². The van der Waals surface area contributed by atoms with Gasteiger partial charge in [0.05, 0.1) is 17.7 Å². The van der Waals surface area contributed by atoms with E-state index in [0.29, 0.717) is 36.3 Å². The van der Waals surface area contributed by atoms with Crippen LogP contribution >= 0.6 is 15.9 Å². The number of ether oxygens (including phenoxy) is 2. The molecule has 0 radical (unpaired) electrons. The van der Waals surface area contributed by atoms with Crippen LogP contribution in [0.3, 0.4) is 0 Å². The summed E-state index contributed by atoms with van der Waals surface area (Å²) < 4.78 is 24.5. The number of carbonyl (C=O) groups is 1. The highest BCUT2D eigenvalue weighted by Gasteiger charge is 2.30. The maximum atomic E-state index is 13.3. The van der Waals surface area contributed by atoms with Gasteiger partial charge in [0.1, 0.15) is 5.82 Å². The molecule has 0 unspecified atom stereocenters. The lowest BCUT2D eigenvalue weighted by atomic mass is 10.2. The Labute approximate surface area is 125 Å². The zero-order valence-electron chi connectivity index (χ0n) is 11.0. The molecule has 0 bridgehead atoms. The molecular formula is C13H16BrFN2O3. The molecule has 0 saturated carbocycles. The minimum absolute atomic E-state index is 0.354. The Morgan fingerprint density at radius 3 is 2.80 bits per heavy atom. The van der Waals surface area contributed by atoms with Gasteiger partial charge in [0.2, 0.25) is 0 Å². The van der Waals surface area contributed by atoms with Gasteiger partial charge in [-0.15, -0.1) is 0 Å². The van der Waals surface area contributed by atoms with E-state index in [0.717, 1.165) is 0 Å². The fourth-order valence-electron chi connectivity index (χ4n) is 1.85. The zero-order chi connectivity index (χ0) is 14.6. The molecule has 0 atom stereocenters. The van der Waals surface area contributed by atoms with Crippen molar-refractivity contribution in [1.82, 2.24) is 5.32 Å². The Kier molecular flexibility index (Phi) is 4.95. The van der Waals surface area contributed by atoms with Gasteiger partial charge in [0.15, 0.2) is 5.79 Å². The minimum Gasteiger partial charge on any atom is -0.348 e. The molecule has 5 nitrogen and oxygen atoms in total. The lowest BCUT2D eigenvalue weighted by Gasteiger charge is -2.22. The number of nitrogens with one attached hydrogen (secondary N) is 2. The van der Waals surface area contributed by atoms with Gasteiger partial charge in [-0.25, -0.2) is 9.18 Å². The molecular weight excluding hydrogens is 331 g/mol. The van der Waals surface area contributed by atoms with Crippen LogP contribution in [-0.2, 0) is 9.47 Å². The summed E-state index contributed by atoms with van der Waals surface area (Å²) in [5.41, 5.74) is 0.391. The fraction of sp³-hybridized carbons (Fsp3) is 0.462. The Morgan fingerprint density at radius 2 is 2.15 bits per heavy atom. The van der Waals surface area contributed by atoms with Gasteiger partial charge in [0.25, 0.3) is 0 Å². The maximum Gasteiger partial charge on any atom is 0.319 e. The molecule has 0 spiro atoms. The van der Waals surface area contributed by atoms with Crippen LogP contribution in [0.25, 0.3) is 0 Å². The molecule has 2 N–H and O–H groups in total. The molecule has 1 aromatic carbocycles. The highest BCUT2D eigenvalue weighted by molar-refractivity contribution is 9.10. The number of amides is 2. The second-order valence-electron chi connectivity index (χ2n) is 4.59. The van der Waals surface area contributed by atoms with Crippen molar-refractivity contribution >= 4 is 27.6 Å². The number of hydrogen-bond acceptors (Lipinski definition) is 3. The number of benzene rings is 1. The Balaban J connectivity index is 1.76. The summed E-state index contributed by atoms with van der Waals surface area (Å²) in [7, 11) is 0. The molecule has 1 saturated heterocycles. The molecule has 110 valence electrons. The van der Waals surface area contributed by atoms with E-state index in [1.807, 2.05) is 6.92 Å². The SMILES string of the molecule is CC1(CCNC(=O)Nc2ccc(Br)c(F)c2)OCCO1. The average molecular weight is 347 g/mol. The van der Waals surface area contributed by atoms with E-state index in [1.54, 1.807) is 6.07 Å². The highest BCUT2D eigenvalue weighted by atomic mass is 79.9. The lowest BCUT2D eigenvalue weighted by molar-refractivity contribution is -0.145. The van der Waals surface area contributed by atoms with E-state index in [4.69, 9.17) is 9.47 Å². The first-order chi connectivity index (χ1) is 9.48. The van der Waals surface area contributed by atoms with Gasteiger partial charge < -0.3 is 20.1 Å². The molecule has 2 amide bonds. The fourth-order valence-corrected chi connectivity index (χ4v) is 2.10. The van der Waals surface area contributed by atoms with Crippen LogP contribution in [0.2, 0.25) is 0 Å². The number of rotatable bonds is 4. The molecule has 1 aliphatic rings. The molecule has 20 heavy (non-hydrogen) atoms. The first-order valence-corrected chi connectivity index (χ1v) is 7.06. The molecule has 1 fully saturated rings. The Hall–Kier alpha value is -1.18. The predicted molar refractivity (Wildman–Crippen MR) is 76.0 cm³/mol. The third-order valence-corrected chi connectivity index (χ3v) is 3.58. The first kappa shape index (κ1) is 15.2. The van der Waals surface area contributed by atoms with Crippen molar-refractivity contribution in [3.63, 3.8) is 0 Å². The van der Waals surface area contributed by atoms with Gasteiger partial charge in [-0.2, -0.15) is 0 Å². The van der Waals surface area contributed by atoms with Crippen LogP contribution in [0, 0.1) is 5.82 Å². The smallest absolute Gasteiger partial charge is 0.319 e. The normalized spacial score (nSPS) is 16.9. The first-order valence-electron chi connectivity index (χ1n) is 6.26. The topological polar surface area (TPSA) is 59.6 Å². The third kappa shape index (κ3) is 4.16. The number of hydrogen-bond donors (Lipinski definition) is 2. The summed E-state index contributed by atoms with van der Waals surface area (Å²) in [6.07, 6.45) is 0.551. The van der Waals surface area contributed by atoms with E-state index in [2.05, 4.69) is 26.6 Å². The third-order valence-electron chi connectivity index (χ3n) is 2.94. The van der Waals surface area contributed by atoms with Crippen LogP contribution < -0.4 is 10.6 Å². The molecule has 0 aromatic heterocycles. The standard InChI is InChI=1S/C13H16BrFN2O3/c1-13(19-6-7-20-13)4-5-16-12(18)17-9-2-3-10(14)11(15)8-9/h2-3,8H,4-7H2,1H3,(H2,16,17,18). The number of carbonyl (C=O) groups excluding carboxylic acids is 1. The van der Waals surface area contributed by atoms with Gasteiger partial charge in [-0.1, -0.05) is 0 Å². The summed E-state index contributed by atoms with van der Waals surface area (Å²) in [4.78, 5) is 11.6. The predicted octanol–water partition coefficient (Wildman–Crippen LogP) is 2.86. The molecule has 1 aromatic rings. The van der Waals surface area contributed by atoms with Gasteiger partial charge in [0, 0.05) is 18.7 Å². The van der Waals surface area contributed by atoms with E-state index in [-0.39, 0.29) is 0 Å². The van der Waals surface area contributed by atoms with Gasteiger partial charge in [-0.3, -0.25) is 0 Å². The minimum atomic E-state index is -0.628. The van der Waals surface area contributed by atoms with Crippen LogP contribution in [0.15, 0.2) is 22.7 Å². The molecule has 2 rings (SSSR count). The van der Waals surface area contributed by atoms with Crippen LogP contribution in [0.4, 0.5) is 14.9 Å². The number of anilines is 1. The number of halogens is 2. The zero-order valence-corrected chi connectivity index (χ0v) is 12.6. The number of urea groups is 1. The second-order valence-corrected chi connectivity index (χ2v) is 5.44. The largest absolute Gasteiger partial charge is 0.348 e. The summed E-state index contributed by atoms with van der Waals surface area (Å²) in [6.45, 7) is 3.38. The molecule has 0 aliphatic carbocycles. The lowest BCUT2D eigenvalue weighted by Crippen LogP contribution is -2.35. The molecule has 1 heterocycles. The van der Waals surface area contributed by atoms with E-state index in [1.165, 1.54) is 12.1 Å². The van der Waals surface area contributed by atoms with Gasteiger partial charge >= 0.3 is 6.03 Å². The van der Waals surface area contributed by atoms with Gasteiger partial charge in [-0.05, 0) is 41.1 Å². The quantitative estimate of drug-likeness (QED) is 0.881. The summed E-state index contributed by atoms with van der Waals surface area (Å²) in [5.74, 6) is -1.06. The monoisotopic (exact) mass is 346 g/mol. The average Bonchev–Trinajstić information content (AvgIpc) is 2.81. The molecule has 1 aliphatic heterocycles. The van der Waals surface area contributed by atoms with E-state index in [9.17, 15) is 9.18 Å². The van der Waals surface area contributed by atoms with Crippen molar-refractivity contribution in [2.24, 2.45) is 0 Å². The van der Waals surface area contributed by atoms with Crippen molar-refractivity contribution in [1.29, 1.82) is 0 Å². The Bertz CT molecular complexity index is 493. The van der Waals surface area contributed by atoms with E-state index >= 15 is 0 Å². The second kappa shape index (κ2) is 6.51. The molecule has 7 heteroatoms.